The Kier molecular flexibility index (Phi) is 5.44. The Morgan fingerprint density at radius 1 is 1.25 bits per heavy atom. The molecule has 0 bridgehead atoms. The molecule has 2 aromatic rings. The molecule has 1 heterocycles. The number of hydrogen-bond donors (Lipinski definition) is 0. The molecule has 0 saturated carbocycles. The number of alkyl halides is 1. The van der Waals surface area contributed by atoms with E-state index in [0.717, 1.165) is 22.9 Å². The number of halogens is 1. The van der Waals surface area contributed by atoms with Crippen LogP contribution in [0.1, 0.15) is 55.5 Å². The van der Waals surface area contributed by atoms with Gasteiger partial charge in [0.1, 0.15) is 16.9 Å². The number of rotatable bonds is 6. The van der Waals surface area contributed by atoms with E-state index in [-0.39, 0.29) is 6.10 Å². The zero-order valence-electron chi connectivity index (χ0n) is 12.1. The Morgan fingerprint density at radius 3 is 2.50 bits per heavy atom. The molecule has 0 saturated heterocycles. The highest BCUT2D eigenvalue weighted by Gasteiger charge is 2.12. The Balaban J connectivity index is 2.02. The second-order valence-electron chi connectivity index (χ2n) is 4.95. The SMILES string of the molecule is CCC(C)c1ccc(OC(C)c2nc(CCl)cs2)cc1. The number of benzene rings is 1. The largest absolute Gasteiger partial charge is 0.484 e. The van der Waals surface area contributed by atoms with Crippen molar-refractivity contribution in [1.82, 2.24) is 4.98 Å². The topological polar surface area (TPSA) is 22.1 Å². The number of aromatic nitrogens is 1. The van der Waals surface area contributed by atoms with Gasteiger partial charge in [0.15, 0.2) is 0 Å². The van der Waals surface area contributed by atoms with Gasteiger partial charge in [-0.1, -0.05) is 26.0 Å². The second kappa shape index (κ2) is 7.09. The highest BCUT2D eigenvalue weighted by molar-refractivity contribution is 7.09. The van der Waals surface area contributed by atoms with Crippen LogP contribution in [0.25, 0.3) is 0 Å². The molecule has 0 aliphatic rings. The van der Waals surface area contributed by atoms with Crippen LogP contribution in [-0.2, 0) is 5.88 Å². The van der Waals surface area contributed by atoms with Crippen molar-refractivity contribution < 1.29 is 4.74 Å². The molecule has 0 aliphatic heterocycles. The molecule has 20 heavy (non-hydrogen) atoms. The lowest BCUT2D eigenvalue weighted by Crippen LogP contribution is -2.03. The van der Waals surface area contributed by atoms with Gasteiger partial charge in [0.25, 0.3) is 0 Å². The first kappa shape index (κ1) is 15.3. The summed E-state index contributed by atoms with van der Waals surface area (Å²) in [6.45, 7) is 6.45. The van der Waals surface area contributed by atoms with Crippen molar-refractivity contribution in [2.75, 3.05) is 0 Å². The number of thiazole rings is 1. The van der Waals surface area contributed by atoms with Gasteiger partial charge in [-0.2, -0.15) is 0 Å². The third-order valence-corrected chi connectivity index (χ3v) is 4.76. The van der Waals surface area contributed by atoms with Crippen molar-refractivity contribution in [2.24, 2.45) is 0 Å². The van der Waals surface area contributed by atoms with Crippen molar-refractivity contribution in [2.45, 2.75) is 45.1 Å². The van der Waals surface area contributed by atoms with E-state index < -0.39 is 0 Å². The predicted octanol–water partition coefficient (Wildman–Crippen LogP) is 5.54. The van der Waals surface area contributed by atoms with E-state index in [0.29, 0.717) is 11.8 Å². The fourth-order valence-electron chi connectivity index (χ4n) is 1.94. The van der Waals surface area contributed by atoms with Crippen molar-refractivity contribution in [3.8, 4) is 5.75 Å². The van der Waals surface area contributed by atoms with Gasteiger partial charge in [-0.25, -0.2) is 4.98 Å². The molecule has 0 aliphatic carbocycles. The molecular weight excluding hydrogens is 290 g/mol. The van der Waals surface area contributed by atoms with Crippen molar-refractivity contribution in [3.63, 3.8) is 0 Å². The highest BCUT2D eigenvalue weighted by Crippen LogP contribution is 2.27. The maximum Gasteiger partial charge on any atom is 0.147 e. The number of nitrogens with zero attached hydrogens (tertiary/aromatic N) is 1. The monoisotopic (exact) mass is 309 g/mol. The van der Waals surface area contributed by atoms with Gasteiger partial charge in [-0.3, -0.25) is 0 Å². The molecule has 1 aromatic heterocycles. The van der Waals surface area contributed by atoms with E-state index in [4.69, 9.17) is 16.3 Å². The maximum atomic E-state index is 5.93. The predicted molar refractivity (Wildman–Crippen MR) is 85.9 cm³/mol. The molecule has 2 nitrogen and oxygen atoms in total. The van der Waals surface area contributed by atoms with Gasteiger partial charge in [-0.05, 0) is 37.0 Å². The third kappa shape index (κ3) is 3.74. The molecule has 2 rings (SSSR count). The number of ether oxygens (including phenoxy) is 1. The quantitative estimate of drug-likeness (QED) is 0.654. The Hall–Kier alpha value is -1.06. The molecule has 2 atom stereocenters. The summed E-state index contributed by atoms with van der Waals surface area (Å²) in [6, 6.07) is 8.35. The van der Waals surface area contributed by atoms with Gasteiger partial charge in [-0.15, -0.1) is 22.9 Å². The van der Waals surface area contributed by atoms with Gasteiger partial charge in [0.2, 0.25) is 0 Å². The summed E-state index contributed by atoms with van der Waals surface area (Å²) in [5.41, 5.74) is 2.26. The highest BCUT2D eigenvalue weighted by atomic mass is 35.5. The Labute approximate surface area is 129 Å². The average Bonchev–Trinajstić information content (AvgIpc) is 2.96. The van der Waals surface area contributed by atoms with Crippen LogP contribution in [0.2, 0.25) is 0 Å². The summed E-state index contributed by atoms with van der Waals surface area (Å²) in [6.07, 6.45) is 1.10. The average molecular weight is 310 g/mol. The first-order chi connectivity index (χ1) is 9.63. The minimum absolute atomic E-state index is 0.0496. The maximum absolute atomic E-state index is 5.93. The van der Waals surface area contributed by atoms with Gasteiger partial charge >= 0.3 is 0 Å². The standard InChI is InChI=1S/C16H20ClNOS/c1-4-11(2)13-5-7-15(8-6-13)19-12(3)16-18-14(9-17)10-20-16/h5-8,10-12H,4,9H2,1-3H3. The van der Waals surface area contributed by atoms with Crippen molar-refractivity contribution in [3.05, 3.63) is 45.9 Å². The summed E-state index contributed by atoms with van der Waals surface area (Å²) < 4.78 is 5.93. The summed E-state index contributed by atoms with van der Waals surface area (Å²) in [5.74, 6) is 1.92. The zero-order valence-corrected chi connectivity index (χ0v) is 13.7. The van der Waals surface area contributed by atoms with E-state index in [1.165, 1.54) is 5.56 Å². The molecule has 0 radical (unpaired) electrons. The molecule has 0 spiro atoms. The first-order valence-electron chi connectivity index (χ1n) is 6.91. The smallest absolute Gasteiger partial charge is 0.147 e. The summed E-state index contributed by atoms with van der Waals surface area (Å²) >= 11 is 7.36. The molecule has 2 unspecified atom stereocenters. The minimum atomic E-state index is -0.0496. The first-order valence-corrected chi connectivity index (χ1v) is 8.32. The van der Waals surface area contributed by atoms with Crippen LogP contribution in [0.3, 0.4) is 0 Å². The van der Waals surface area contributed by atoms with E-state index in [1.54, 1.807) is 11.3 Å². The van der Waals surface area contributed by atoms with E-state index in [2.05, 4.69) is 31.0 Å². The molecule has 4 heteroatoms. The Bertz CT molecular complexity index is 538. The van der Waals surface area contributed by atoms with Crippen LogP contribution in [0.4, 0.5) is 0 Å². The zero-order chi connectivity index (χ0) is 14.5. The lowest BCUT2D eigenvalue weighted by molar-refractivity contribution is 0.226. The minimum Gasteiger partial charge on any atom is -0.484 e. The molecule has 1 aromatic carbocycles. The fourth-order valence-corrected chi connectivity index (χ4v) is 2.97. The summed E-state index contributed by atoms with van der Waals surface area (Å²) in [4.78, 5) is 4.45. The van der Waals surface area contributed by atoms with Gasteiger partial charge in [0.05, 0.1) is 11.6 Å². The van der Waals surface area contributed by atoms with Crippen LogP contribution < -0.4 is 4.74 Å². The van der Waals surface area contributed by atoms with Gasteiger partial charge < -0.3 is 4.74 Å². The van der Waals surface area contributed by atoms with E-state index >= 15 is 0 Å². The number of hydrogen-bond acceptors (Lipinski definition) is 3. The summed E-state index contributed by atoms with van der Waals surface area (Å²) in [7, 11) is 0. The van der Waals surface area contributed by atoms with Crippen LogP contribution in [0.5, 0.6) is 5.75 Å². The van der Waals surface area contributed by atoms with Crippen LogP contribution >= 0.6 is 22.9 Å². The van der Waals surface area contributed by atoms with Crippen LogP contribution in [-0.4, -0.2) is 4.98 Å². The molecule has 0 fully saturated rings. The summed E-state index contributed by atoms with van der Waals surface area (Å²) in [5, 5.41) is 2.94. The molecule has 108 valence electrons. The molecule has 0 N–H and O–H groups in total. The van der Waals surface area contributed by atoms with E-state index in [1.807, 2.05) is 24.4 Å². The third-order valence-electron chi connectivity index (χ3n) is 3.43. The van der Waals surface area contributed by atoms with Crippen LogP contribution in [0.15, 0.2) is 29.6 Å². The van der Waals surface area contributed by atoms with Crippen molar-refractivity contribution >= 4 is 22.9 Å². The second-order valence-corrected chi connectivity index (χ2v) is 6.11. The van der Waals surface area contributed by atoms with E-state index in [9.17, 15) is 0 Å². The van der Waals surface area contributed by atoms with Crippen LogP contribution in [0, 0.1) is 0 Å². The fraction of sp³-hybridized carbons (Fsp3) is 0.438. The molecular formula is C16H20ClNOS. The van der Waals surface area contributed by atoms with Crippen molar-refractivity contribution in [1.29, 1.82) is 0 Å². The normalized spacial score (nSPS) is 14.0. The Morgan fingerprint density at radius 2 is 1.95 bits per heavy atom. The lowest BCUT2D eigenvalue weighted by atomic mass is 9.99. The lowest BCUT2D eigenvalue weighted by Gasteiger charge is -2.14. The van der Waals surface area contributed by atoms with Gasteiger partial charge in [0, 0.05) is 5.38 Å². The molecule has 0 amide bonds.